The summed E-state index contributed by atoms with van der Waals surface area (Å²) in [5.74, 6) is 0.189. The molecular weight excluding hydrogens is 476 g/mol. The van der Waals surface area contributed by atoms with Gasteiger partial charge in [0, 0.05) is 36.3 Å². The molecule has 0 spiro atoms. The minimum Gasteiger partial charge on any atom is -0.455 e. The van der Waals surface area contributed by atoms with Crippen molar-refractivity contribution in [2.45, 2.75) is 10.9 Å². The summed E-state index contributed by atoms with van der Waals surface area (Å²) in [5.41, 5.74) is 2.90. The van der Waals surface area contributed by atoms with Gasteiger partial charge in [-0.05, 0) is 42.3 Å². The Morgan fingerprint density at radius 1 is 1.19 bits per heavy atom. The van der Waals surface area contributed by atoms with Gasteiger partial charge in [-0.1, -0.05) is 11.6 Å². The minimum absolute atomic E-state index is 0.131. The maximum Gasteiger partial charge on any atom is 0.149 e. The topological polar surface area (TPSA) is 64.0 Å². The highest BCUT2D eigenvalue weighted by Crippen LogP contribution is 2.39. The quantitative estimate of drug-likeness (QED) is 0.309. The first kappa shape index (κ1) is 21.2. The van der Waals surface area contributed by atoms with Crippen molar-refractivity contribution in [3.05, 3.63) is 70.1 Å². The van der Waals surface area contributed by atoms with Crippen molar-refractivity contribution in [2.24, 2.45) is 0 Å². The van der Waals surface area contributed by atoms with E-state index in [1.54, 1.807) is 17.8 Å². The predicted molar refractivity (Wildman–Crippen MR) is 123 cm³/mol. The molecular formula is C21H16ClF2N5OS2. The van der Waals surface area contributed by atoms with Crippen LogP contribution in [0, 0.1) is 11.6 Å². The van der Waals surface area contributed by atoms with E-state index in [2.05, 4.69) is 20.1 Å². The number of hydrogen-bond acceptors (Lipinski definition) is 7. The molecule has 164 valence electrons. The Balaban J connectivity index is 1.43. The van der Waals surface area contributed by atoms with E-state index in [9.17, 15) is 8.78 Å². The molecule has 1 saturated heterocycles. The number of hydrogen-bond donors (Lipinski definition) is 2. The highest BCUT2D eigenvalue weighted by atomic mass is 35.5. The number of aromatic nitrogens is 3. The fourth-order valence-corrected chi connectivity index (χ4v) is 4.70. The third kappa shape index (κ3) is 4.31. The standard InChI is InChI=1S/C21H16ClF2N5OS2/c22-15-6-20(32-28-21-10-31-11-26-21)16(24)7-19(15)30-18-2-1-12(23)5-14(18)17-3-4-27-29(17)13-8-25-9-13/h1-7,10-11,13,25,28H,8-9H2. The molecule has 5 rings (SSSR count). The van der Waals surface area contributed by atoms with E-state index in [4.69, 9.17) is 16.3 Å². The Kier molecular flexibility index (Phi) is 6.01. The van der Waals surface area contributed by atoms with Crippen LogP contribution in [0.15, 0.2) is 58.4 Å². The number of nitrogens with one attached hydrogen (secondary N) is 2. The number of anilines is 1. The second-order valence-corrected chi connectivity index (χ2v) is 8.98. The van der Waals surface area contributed by atoms with E-state index >= 15 is 0 Å². The van der Waals surface area contributed by atoms with Crippen molar-refractivity contribution in [2.75, 3.05) is 17.8 Å². The highest BCUT2D eigenvalue weighted by molar-refractivity contribution is 8.00. The van der Waals surface area contributed by atoms with E-state index in [0.29, 0.717) is 27.7 Å². The number of halogens is 3. The van der Waals surface area contributed by atoms with Crippen LogP contribution in [-0.4, -0.2) is 27.9 Å². The van der Waals surface area contributed by atoms with Gasteiger partial charge in [-0.15, -0.1) is 11.3 Å². The molecule has 0 amide bonds. The monoisotopic (exact) mass is 491 g/mol. The van der Waals surface area contributed by atoms with Crippen molar-refractivity contribution in [1.29, 1.82) is 0 Å². The molecule has 4 aromatic rings. The predicted octanol–water partition coefficient (Wildman–Crippen LogP) is 5.99. The average molecular weight is 492 g/mol. The van der Waals surface area contributed by atoms with E-state index in [-0.39, 0.29) is 16.8 Å². The molecule has 1 aliphatic rings. The van der Waals surface area contributed by atoms with Gasteiger partial charge in [0.25, 0.3) is 0 Å². The molecule has 2 aromatic carbocycles. The Hall–Kier alpha value is -2.66. The molecule has 1 fully saturated rings. The van der Waals surface area contributed by atoms with Gasteiger partial charge >= 0.3 is 0 Å². The van der Waals surface area contributed by atoms with Crippen LogP contribution in [-0.2, 0) is 0 Å². The van der Waals surface area contributed by atoms with Gasteiger partial charge in [0.2, 0.25) is 0 Å². The zero-order valence-electron chi connectivity index (χ0n) is 16.4. The zero-order chi connectivity index (χ0) is 22.1. The van der Waals surface area contributed by atoms with Crippen molar-refractivity contribution >= 4 is 40.7 Å². The van der Waals surface area contributed by atoms with Gasteiger partial charge in [-0.2, -0.15) is 5.10 Å². The Morgan fingerprint density at radius 3 is 2.81 bits per heavy atom. The second kappa shape index (κ2) is 9.07. The third-order valence-corrected chi connectivity index (χ3v) is 6.62. The molecule has 3 heterocycles. The first-order chi connectivity index (χ1) is 15.6. The molecule has 6 nitrogen and oxygen atoms in total. The molecule has 0 unspecified atom stereocenters. The first-order valence-electron chi connectivity index (χ1n) is 9.60. The normalized spacial score (nSPS) is 13.7. The molecule has 11 heteroatoms. The number of rotatable bonds is 7. The number of nitrogens with zero attached hydrogens (tertiary/aromatic N) is 3. The maximum absolute atomic E-state index is 14.7. The van der Waals surface area contributed by atoms with Crippen molar-refractivity contribution in [3.8, 4) is 22.8 Å². The molecule has 2 aromatic heterocycles. The summed E-state index contributed by atoms with van der Waals surface area (Å²) in [5, 5.41) is 9.61. The van der Waals surface area contributed by atoms with Crippen LogP contribution in [0.5, 0.6) is 11.5 Å². The molecule has 2 N–H and O–H groups in total. The lowest BCUT2D eigenvalue weighted by atomic mass is 10.1. The van der Waals surface area contributed by atoms with Crippen LogP contribution in [0.3, 0.4) is 0 Å². The maximum atomic E-state index is 14.7. The van der Waals surface area contributed by atoms with Gasteiger partial charge in [-0.25, -0.2) is 13.8 Å². The van der Waals surface area contributed by atoms with Crippen LogP contribution in [0.4, 0.5) is 14.6 Å². The summed E-state index contributed by atoms with van der Waals surface area (Å²) < 4.78 is 39.6. The summed E-state index contributed by atoms with van der Waals surface area (Å²) in [4.78, 5) is 4.39. The first-order valence-corrected chi connectivity index (χ1v) is 11.7. The van der Waals surface area contributed by atoms with Crippen molar-refractivity contribution in [1.82, 2.24) is 20.1 Å². The minimum atomic E-state index is -0.508. The molecule has 0 radical (unpaired) electrons. The second-order valence-electron chi connectivity index (χ2n) is 7.01. The van der Waals surface area contributed by atoms with Crippen molar-refractivity contribution in [3.63, 3.8) is 0 Å². The van der Waals surface area contributed by atoms with Crippen LogP contribution in [0.25, 0.3) is 11.3 Å². The summed E-state index contributed by atoms with van der Waals surface area (Å²) in [6.07, 6.45) is 1.66. The largest absolute Gasteiger partial charge is 0.455 e. The van der Waals surface area contributed by atoms with Crippen LogP contribution in [0.2, 0.25) is 5.02 Å². The van der Waals surface area contributed by atoms with E-state index in [1.165, 1.54) is 41.7 Å². The molecule has 0 saturated carbocycles. The van der Waals surface area contributed by atoms with Gasteiger partial charge in [0.05, 0.1) is 27.2 Å². The summed E-state index contributed by atoms with van der Waals surface area (Å²) >= 11 is 8.88. The highest BCUT2D eigenvalue weighted by Gasteiger charge is 2.24. The molecule has 0 bridgehead atoms. The van der Waals surface area contributed by atoms with E-state index < -0.39 is 11.6 Å². The molecule has 0 atom stereocenters. The van der Waals surface area contributed by atoms with Crippen molar-refractivity contribution < 1.29 is 13.5 Å². The summed E-state index contributed by atoms with van der Waals surface area (Å²) in [6, 6.07) is 8.84. The fraction of sp³-hybridized carbons (Fsp3) is 0.143. The van der Waals surface area contributed by atoms with Gasteiger partial charge in [0.1, 0.15) is 29.0 Å². The van der Waals surface area contributed by atoms with E-state index in [0.717, 1.165) is 25.0 Å². The summed E-state index contributed by atoms with van der Waals surface area (Å²) in [6.45, 7) is 1.57. The van der Waals surface area contributed by atoms with Crippen LogP contribution in [0.1, 0.15) is 6.04 Å². The Bertz CT molecular complexity index is 1250. The SMILES string of the molecule is Fc1ccc(Oc2cc(F)c(SNc3cscn3)cc2Cl)c(-c2ccnn2C2CNC2)c1. The lowest BCUT2D eigenvalue weighted by molar-refractivity contribution is 0.321. The van der Waals surface area contributed by atoms with Gasteiger partial charge < -0.3 is 14.8 Å². The lowest BCUT2D eigenvalue weighted by Gasteiger charge is -2.29. The average Bonchev–Trinajstić information content (AvgIpc) is 3.42. The van der Waals surface area contributed by atoms with E-state index in [1.807, 2.05) is 10.1 Å². The molecule has 32 heavy (non-hydrogen) atoms. The van der Waals surface area contributed by atoms with Gasteiger partial charge in [0.15, 0.2) is 0 Å². The smallest absolute Gasteiger partial charge is 0.149 e. The number of ether oxygens (including phenoxy) is 1. The lowest BCUT2D eigenvalue weighted by Crippen LogP contribution is -2.44. The molecule has 0 aliphatic carbocycles. The van der Waals surface area contributed by atoms with Gasteiger partial charge in [-0.3, -0.25) is 4.68 Å². The number of thiazole rings is 1. The number of benzene rings is 2. The Labute approximate surface area is 195 Å². The fourth-order valence-electron chi connectivity index (χ4n) is 3.21. The molecule has 1 aliphatic heterocycles. The van der Waals surface area contributed by atoms with Crippen LogP contribution >= 0.6 is 34.9 Å². The zero-order valence-corrected chi connectivity index (χ0v) is 18.8. The van der Waals surface area contributed by atoms with Crippen LogP contribution < -0.4 is 14.8 Å². The summed E-state index contributed by atoms with van der Waals surface area (Å²) in [7, 11) is 0. The third-order valence-electron chi connectivity index (χ3n) is 4.90. The Morgan fingerprint density at radius 2 is 2.06 bits per heavy atom.